The van der Waals surface area contributed by atoms with E-state index in [2.05, 4.69) is 4.99 Å². The maximum atomic E-state index is 13.4. The lowest BCUT2D eigenvalue weighted by molar-refractivity contribution is -0.113. The fourth-order valence-corrected chi connectivity index (χ4v) is 3.35. The Morgan fingerprint density at radius 1 is 1.00 bits per heavy atom. The number of amidine groups is 1. The molecule has 1 aliphatic heterocycles. The van der Waals surface area contributed by atoms with Gasteiger partial charge >= 0.3 is 0 Å². The lowest BCUT2D eigenvalue weighted by Gasteiger charge is -2.19. The predicted octanol–water partition coefficient (Wildman–Crippen LogP) is 4.63. The second kappa shape index (κ2) is 8.75. The number of phenols is 1. The molecular formula is C25H22N2O4. The Labute approximate surface area is 180 Å². The topological polar surface area (TPSA) is 71.4 Å². The highest BCUT2D eigenvalue weighted by molar-refractivity contribution is 6.33. The number of amides is 1. The number of aromatic hydroxyl groups is 1. The first-order valence-electron chi connectivity index (χ1n) is 9.91. The number of phenolic OH excluding ortho intramolecular Hbond substituents is 1. The summed E-state index contributed by atoms with van der Waals surface area (Å²) >= 11 is 0. The van der Waals surface area contributed by atoms with Crippen molar-refractivity contribution >= 4 is 23.5 Å². The average Bonchev–Trinajstić information content (AvgIpc) is 3.11. The van der Waals surface area contributed by atoms with Gasteiger partial charge in [0.05, 0.1) is 25.0 Å². The number of benzene rings is 3. The van der Waals surface area contributed by atoms with Crippen LogP contribution in [0.5, 0.6) is 17.2 Å². The van der Waals surface area contributed by atoms with E-state index in [-0.39, 0.29) is 11.7 Å². The largest absolute Gasteiger partial charge is 0.508 e. The van der Waals surface area contributed by atoms with Gasteiger partial charge in [0.1, 0.15) is 22.9 Å². The van der Waals surface area contributed by atoms with Crippen LogP contribution in [0.25, 0.3) is 6.08 Å². The van der Waals surface area contributed by atoms with Gasteiger partial charge in [0.15, 0.2) is 5.84 Å². The van der Waals surface area contributed by atoms with E-state index in [0.717, 1.165) is 11.3 Å². The van der Waals surface area contributed by atoms with Crippen molar-refractivity contribution in [1.29, 1.82) is 0 Å². The number of hydrogen-bond donors (Lipinski definition) is 1. The van der Waals surface area contributed by atoms with Crippen LogP contribution >= 0.6 is 0 Å². The normalized spacial score (nSPS) is 14.6. The lowest BCUT2D eigenvalue weighted by Crippen LogP contribution is -2.32. The highest BCUT2D eigenvalue weighted by atomic mass is 16.5. The van der Waals surface area contributed by atoms with Crippen LogP contribution in [0.3, 0.4) is 0 Å². The van der Waals surface area contributed by atoms with Gasteiger partial charge in [-0.3, -0.25) is 9.69 Å². The zero-order valence-electron chi connectivity index (χ0n) is 17.3. The van der Waals surface area contributed by atoms with Crippen LogP contribution in [-0.4, -0.2) is 30.6 Å². The molecule has 156 valence electrons. The Morgan fingerprint density at radius 3 is 2.39 bits per heavy atom. The van der Waals surface area contributed by atoms with Crippen LogP contribution in [0, 0.1) is 0 Å². The van der Waals surface area contributed by atoms with Gasteiger partial charge in [0, 0.05) is 0 Å². The van der Waals surface area contributed by atoms with Crippen LogP contribution in [0.4, 0.5) is 5.69 Å². The van der Waals surface area contributed by atoms with Crippen molar-refractivity contribution in [2.45, 2.75) is 6.92 Å². The van der Waals surface area contributed by atoms with Crippen LogP contribution in [0.15, 0.2) is 83.5 Å². The van der Waals surface area contributed by atoms with Crippen molar-refractivity contribution in [3.63, 3.8) is 0 Å². The number of hydrogen-bond acceptors (Lipinski definition) is 5. The molecule has 3 aromatic carbocycles. The number of rotatable bonds is 6. The van der Waals surface area contributed by atoms with Crippen molar-refractivity contribution in [3.8, 4) is 17.2 Å². The van der Waals surface area contributed by atoms with E-state index in [1.165, 1.54) is 17.0 Å². The summed E-state index contributed by atoms with van der Waals surface area (Å²) < 4.78 is 11.0. The summed E-state index contributed by atoms with van der Waals surface area (Å²) in [4.78, 5) is 19.6. The molecule has 1 amide bonds. The van der Waals surface area contributed by atoms with E-state index >= 15 is 0 Å². The van der Waals surface area contributed by atoms with Crippen molar-refractivity contribution < 1.29 is 19.4 Å². The van der Waals surface area contributed by atoms with Crippen molar-refractivity contribution in [3.05, 3.63) is 89.6 Å². The van der Waals surface area contributed by atoms with Crippen molar-refractivity contribution in [2.24, 2.45) is 4.99 Å². The van der Waals surface area contributed by atoms with E-state index < -0.39 is 0 Å². The molecule has 0 unspecified atom stereocenters. The summed E-state index contributed by atoms with van der Waals surface area (Å²) in [5, 5.41) is 9.66. The first kappa shape index (κ1) is 20.2. The van der Waals surface area contributed by atoms with E-state index in [0.29, 0.717) is 35.1 Å². The molecule has 1 aliphatic rings. The van der Waals surface area contributed by atoms with Gasteiger partial charge < -0.3 is 14.6 Å². The molecule has 31 heavy (non-hydrogen) atoms. The van der Waals surface area contributed by atoms with E-state index in [1.54, 1.807) is 25.3 Å². The Hall–Kier alpha value is -4.06. The van der Waals surface area contributed by atoms with Gasteiger partial charge in [-0.15, -0.1) is 0 Å². The average molecular weight is 414 g/mol. The molecule has 0 bridgehead atoms. The van der Waals surface area contributed by atoms with E-state index in [1.807, 2.05) is 55.5 Å². The molecule has 6 nitrogen and oxygen atoms in total. The maximum absolute atomic E-state index is 13.4. The van der Waals surface area contributed by atoms with Gasteiger partial charge in [0.25, 0.3) is 5.91 Å². The van der Waals surface area contributed by atoms with Gasteiger partial charge in [-0.2, -0.15) is 0 Å². The first-order valence-corrected chi connectivity index (χ1v) is 9.91. The highest BCUT2D eigenvalue weighted by Crippen LogP contribution is 2.32. The quantitative estimate of drug-likeness (QED) is 0.597. The number of para-hydroxylation sites is 1. The molecular weight excluding hydrogens is 392 g/mol. The van der Waals surface area contributed by atoms with Crippen molar-refractivity contribution in [2.75, 3.05) is 18.6 Å². The summed E-state index contributed by atoms with van der Waals surface area (Å²) in [5.74, 6) is 1.70. The zero-order chi connectivity index (χ0) is 21.8. The second-order valence-electron chi connectivity index (χ2n) is 6.82. The Bertz CT molecular complexity index is 1150. The number of aliphatic imine (C=N–C) groups is 1. The highest BCUT2D eigenvalue weighted by Gasteiger charge is 2.33. The summed E-state index contributed by atoms with van der Waals surface area (Å²) in [7, 11) is 1.58. The number of carbonyl (C=O) groups excluding carboxylic acids is 1. The molecule has 0 spiro atoms. The minimum atomic E-state index is -0.263. The monoisotopic (exact) mass is 414 g/mol. The summed E-state index contributed by atoms with van der Waals surface area (Å²) in [6, 6.07) is 21.3. The molecule has 4 rings (SSSR count). The van der Waals surface area contributed by atoms with Gasteiger partial charge in [-0.05, 0) is 67.1 Å². The first-order chi connectivity index (χ1) is 15.1. The zero-order valence-corrected chi connectivity index (χ0v) is 17.3. The Balaban J connectivity index is 1.79. The molecule has 3 aromatic rings. The molecule has 0 fully saturated rings. The van der Waals surface area contributed by atoms with Crippen LogP contribution in [0.2, 0.25) is 0 Å². The molecule has 1 N–H and O–H groups in total. The van der Waals surface area contributed by atoms with Crippen molar-refractivity contribution in [1.82, 2.24) is 0 Å². The standard InChI is InChI=1S/C25H22N2O4/c1-3-31-20-14-8-17(9-15-20)16-22-25(29)27(18-10-12-19(28)13-11-18)24(26-22)21-6-4-5-7-23(21)30-2/h4-16,28H,3H2,1-2H3/b22-16+. The molecule has 1 heterocycles. The number of anilines is 1. The Kier molecular flexibility index (Phi) is 5.71. The maximum Gasteiger partial charge on any atom is 0.282 e. The number of ether oxygens (including phenoxy) is 2. The molecule has 0 aliphatic carbocycles. The van der Waals surface area contributed by atoms with Gasteiger partial charge in [-0.25, -0.2) is 4.99 Å². The summed E-state index contributed by atoms with van der Waals surface area (Å²) in [5.41, 5.74) is 2.43. The smallest absolute Gasteiger partial charge is 0.282 e. The predicted molar refractivity (Wildman–Crippen MR) is 121 cm³/mol. The Morgan fingerprint density at radius 2 is 1.71 bits per heavy atom. The van der Waals surface area contributed by atoms with E-state index in [4.69, 9.17) is 9.47 Å². The third-order valence-corrected chi connectivity index (χ3v) is 4.81. The molecule has 0 atom stereocenters. The summed E-state index contributed by atoms with van der Waals surface area (Å²) in [6.45, 7) is 2.52. The molecule has 6 heteroatoms. The fourth-order valence-electron chi connectivity index (χ4n) is 3.35. The number of methoxy groups -OCH3 is 1. The minimum absolute atomic E-state index is 0.122. The molecule has 0 aromatic heterocycles. The summed E-state index contributed by atoms with van der Waals surface area (Å²) in [6.07, 6.45) is 1.74. The van der Waals surface area contributed by atoms with E-state index in [9.17, 15) is 9.90 Å². The molecule has 0 saturated heterocycles. The molecule has 0 saturated carbocycles. The second-order valence-corrected chi connectivity index (χ2v) is 6.82. The number of carbonyl (C=O) groups is 1. The van der Waals surface area contributed by atoms with Crippen LogP contribution in [-0.2, 0) is 4.79 Å². The minimum Gasteiger partial charge on any atom is -0.508 e. The third-order valence-electron chi connectivity index (χ3n) is 4.81. The van der Waals surface area contributed by atoms with Gasteiger partial charge in [0.2, 0.25) is 0 Å². The molecule has 0 radical (unpaired) electrons. The van der Waals surface area contributed by atoms with Crippen LogP contribution < -0.4 is 14.4 Å². The SMILES string of the molecule is CCOc1ccc(/C=C2/N=C(c3ccccc3OC)N(c3ccc(O)cc3)C2=O)cc1. The third kappa shape index (κ3) is 4.14. The lowest BCUT2D eigenvalue weighted by atomic mass is 10.1. The number of nitrogens with zero attached hydrogens (tertiary/aromatic N) is 2. The van der Waals surface area contributed by atoms with Crippen LogP contribution in [0.1, 0.15) is 18.1 Å². The fraction of sp³-hybridized carbons (Fsp3) is 0.120. The van der Waals surface area contributed by atoms with Gasteiger partial charge in [-0.1, -0.05) is 24.3 Å².